The average Bonchev–Trinajstić information content (AvgIpc) is 2.28. The molecule has 0 bridgehead atoms. The van der Waals surface area contributed by atoms with Crippen molar-refractivity contribution in [3.63, 3.8) is 0 Å². The van der Waals surface area contributed by atoms with E-state index in [4.69, 9.17) is 34.7 Å². The van der Waals surface area contributed by atoms with Crippen LogP contribution in [-0.4, -0.2) is 10.2 Å². The molecule has 0 saturated carbocycles. The van der Waals surface area contributed by atoms with Gasteiger partial charge in [0.15, 0.2) is 0 Å². The van der Waals surface area contributed by atoms with Crippen molar-refractivity contribution < 1.29 is 10.2 Å². The van der Waals surface area contributed by atoms with Crippen molar-refractivity contribution in [3.05, 3.63) is 34.3 Å². The smallest absolute Gasteiger partial charge is 0.146 e. The third-order valence-electron chi connectivity index (χ3n) is 2.50. The first-order valence-corrected chi connectivity index (χ1v) is 5.72. The number of hydrogen-bond acceptors (Lipinski definition) is 4. The molecule has 0 unspecified atom stereocenters. The molecule has 0 amide bonds. The Balaban J connectivity index is 2.77. The molecule has 6 heteroatoms. The summed E-state index contributed by atoms with van der Waals surface area (Å²) in [4.78, 5) is 0. The van der Waals surface area contributed by atoms with Crippen LogP contribution in [0.4, 0.5) is 11.4 Å². The minimum absolute atomic E-state index is 0.107. The Bertz CT molecular complexity index is 574. The van der Waals surface area contributed by atoms with E-state index in [0.717, 1.165) is 0 Å². The van der Waals surface area contributed by atoms with Crippen molar-refractivity contribution in [1.82, 2.24) is 0 Å². The summed E-state index contributed by atoms with van der Waals surface area (Å²) in [5, 5.41) is 20.5. The molecular formula is C12H10Cl2N2O2. The lowest BCUT2D eigenvalue weighted by molar-refractivity contribution is 0.472. The van der Waals surface area contributed by atoms with E-state index < -0.39 is 0 Å². The maximum Gasteiger partial charge on any atom is 0.146 e. The van der Waals surface area contributed by atoms with E-state index in [1.54, 1.807) is 0 Å². The fourth-order valence-electron chi connectivity index (χ4n) is 1.65. The van der Waals surface area contributed by atoms with E-state index in [1.807, 2.05) is 0 Å². The van der Waals surface area contributed by atoms with Crippen molar-refractivity contribution in [2.24, 2.45) is 0 Å². The zero-order chi connectivity index (χ0) is 13.4. The molecule has 0 aliphatic heterocycles. The first-order valence-electron chi connectivity index (χ1n) is 4.96. The molecule has 0 aliphatic carbocycles. The number of halogens is 2. The van der Waals surface area contributed by atoms with Crippen molar-refractivity contribution in [1.29, 1.82) is 0 Å². The van der Waals surface area contributed by atoms with Gasteiger partial charge in [-0.2, -0.15) is 0 Å². The Morgan fingerprint density at radius 1 is 0.722 bits per heavy atom. The Morgan fingerprint density at radius 3 is 1.39 bits per heavy atom. The molecule has 0 radical (unpaired) electrons. The maximum absolute atomic E-state index is 9.90. The predicted octanol–water partition coefficient (Wildman–Crippen LogP) is 3.24. The summed E-state index contributed by atoms with van der Waals surface area (Å²) in [5.41, 5.74) is 12.0. The summed E-state index contributed by atoms with van der Waals surface area (Å²) in [5.74, 6) is -0.368. The quantitative estimate of drug-likeness (QED) is 0.478. The highest BCUT2D eigenvalue weighted by atomic mass is 35.5. The largest absolute Gasteiger partial charge is 0.505 e. The summed E-state index contributed by atoms with van der Waals surface area (Å²) >= 11 is 11.7. The molecule has 4 nitrogen and oxygen atoms in total. The van der Waals surface area contributed by atoms with E-state index in [9.17, 15) is 10.2 Å². The minimum Gasteiger partial charge on any atom is -0.505 e. The summed E-state index contributed by atoms with van der Waals surface area (Å²) < 4.78 is 0. The lowest BCUT2D eigenvalue weighted by Crippen LogP contribution is -1.92. The predicted molar refractivity (Wildman–Crippen MR) is 74.1 cm³/mol. The van der Waals surface area contributed by atoms with Gasteiger partial charge in [0, 0.05) is 21.2 Å². The number of aromatic hydroxyl groups is 2. The maximum atomic E-state index is 9.90. The molecule has 18 heavy (non-hydrogen) atoms. The van der Waals surface area contributed by atoms with Crippen molar-refractivity contribution in [3.8, 4) is 22.6 Å². The van der Waals surface area contributed by atoms with Crippen LogP contribution in [0.5, 0.6) is 11.5 Å². The molecule has 0 fully saturated rings. The Hall–Kier alpha value is -1.78. The number of anilines is 2. The molecule has 0 spiro atoms. The van der Waals surface area contributed by atoms with Gasteiger partial charge in [0.2, 0.25) is 0 Å². The molecule has 0 heterocycles. The summed E-state index contributed by atoms with van der Waals surface area (Å²) in [7, 11) is 0. The van der Waals surface area contributed by atoms with Gasteiger partial charge in [0.25, 0.3) is 0 Å². The lowest BCUT2D eigenvalue weighted by Gasteiger charge is -2.11. The number of nitrogen functional groups attached to an aromatic ring is 2. The molecule has 0 aliphatic rings. The topological polar surface area (TPSA) is 92.5 Å². The van der Waals surface area contributed by atoms with Crippen LogP contribution in [0.15, 0.2) is 24.3 Å². The van der Waals surface area contributed by atoms with Crippen molar-refractivity contribution in [2.45, 2.75) is 0 Å². The monoisotopic (exact) mass is 284 g/mol. The van der Waals surface area contributed by atoms with Crippen LogP contribution >= 0.6 is 23.2 Å². The van der Waals surface area contributed by atoms with Crippen molar-refractivity contribution in [2.75, 3.05) is 11.5 Å². The van der Waals surface area contributed by atoms with Gasteiger partial charge in [0.1, 0.15) is 11.5 Å². The van der Waals surface area contributed by atoms with Gasteiger partial charge in [0.05, 0.1) is 11.4 Å². The highest BCUT2D eigenvalue weighted by molar-refractivity contribution is 6.32. The molecule has 0 saturated heterocycles. The third-order valence-corrected chi connectivity index (χ3v) is 2.93. The van der Waals surface area contributed by atoms with E-state index >= 15 is 0 Å². The Morgan fingerprint density at radius 2 is 1.06 bits per heavy atom. The van der Waals surface area contributed by atoms with Crippen molar-refractivity contribution >= 4 is 34.6 Å². The number of phenols is 2. The molecule has 0 atom stereocenters. The highest BCUT2D eigenvalue weighted by Crippen LogP contribution is 2.43. The molecule has 94 valence electrons. The van der Waals surface area contributed by atoms with Crippen LogP contribution in [0, 0.1) is 0 Å². The van der Waals surface area contributed by atoms with Gasteiger partial charge in [-0.1, -0.05) is 23.2 Å². The molecule has 2 aromatic carbocycles. The number of rotatable bonds is 1. The summed E-state index contributed by atoms with van der Waals surface area (Å²) in [6, 6.07) is 5.76. The van der Waals surface area contributed by atoms with E-state index in [1.165, 1.54) is 24.3 Å². The van der Waals surface area contributed by atoms with Gasteiger partial charge in [-0.15, -0.1) is 0 Å². The normalized spacial score (nSPS) is 10.6. The van der Waals surface area contributed by atoms with Gasteiger partial charge in [-0.25, -0.2) is 0 Å². The number of benzene rings is 2. The van der Waals surface area contributed by atoms with E-state index in [-0.39, 0.29) is 34.0 Å². The molecular weight excluding hydrogens is 275 g/mol. The van der Waals surface area contributed by atoms with Crippen LogP contribution in [0.3, 0.4) is 0 Å². The second-order valence-electron chi connectivity index (χ2n) is 3.78. The van der Waals surface area contributed by atoms with Gasteiger partial charge >= 0.3 is 0 Å². The summed E-state index contributed by atoms with van der Waals surface area (Å²) in [6.45, 7) is 0. The molecule has 0 aromatic heterocycles. The molecule has 2 rings (SSSR count). The number of nitrogens with two attached hydrogens (primary N) is 2. The lowest BCUT2D eigenvalue weighted by atomic mass is 10.0. The SMILES string of the molecule is Nc1cc(Cl)cc(-c2cc(Cl)cc(N)c2O)c1O. The van der Waals surface area contributed by atoms with Gasteiger partial charge in [-0.05, 0) is 24.3 Å². The zero-order valence-electron chi connectivity index (χ0n) is 9.11. The first-order chi connectivity index (χ1) is 8.40. The highest BCUT2D eigenvalue weighted by Gasteiger charge is 2.15. The second kappa shape index (κ2) is 4.48. The average molecular weight is 285 g/mol. The van der Waals surface area contributed by atoms with Gasteiger partial charge in [-0.3, -0.25) is 0 Å². The fraction of sp³-hybridized carbons (Fsp3) is 0. The standard InChI is InChI=1S/C12H10Cl2N2O2/c13-5-1-7(11(17)9(15)3-5)8-2-6(14)4-10(16)12(8)18/h1-4,17-18H,15-16H2. The van der Waals surface area contributed by atoms with Crippen LogP contribution in [0.2, 0.25) is 10.0 Å². The van der Waals surface area contributed by atoms with Crippen LogP contribution < -0.4 is 11.5 Å². The Labute approximate surface area is 113 Å². The van der Waals surface area contributed by atoms with E-state index in [0.29, 0.717) is 10.0 Å². The minimum atomic E-state index is -0.184. The van der Waals surface area contributed by atoms with Crippen LogP contribution in [0.25, 0.3) is 11.1 Å². The number of phenolic OH excluding ortho intramolecular Hbond substituents is 2. The first kappa shape index (κ1) is 12.7. The van der Waals surface area contributed by atoms with Gasteiger partial charge < -0.3 is 21.7 Å². The Kier molecular flexibility index (Phi) is 3.15. The fourth-order valence-corrected chi connectivity index (χ4v) is 2.10. The van der Waals surface area contributed by atoms with E-state index in [2.05, 4.69) is 0 Å². The van der Waals surface area contributed by atoms with Crippen LogP contribution in [-0.2, 0) is 0 Å². The molecule has 6 N–H and O–H groups in total. The van der Waals surface area contributed by atoms with Crippen LogP contribution in [0.1, 0.15) is 0 Å². The zero-order valence-corrected chi connectivity index (χ0v) is 10.6. The summed E-state index contributed by atoms with van der Waals surface area (Å²) in [6.07, 6.45) is 0. The molecule has 2 aromatic rings. The number of hydrogen-bond donors (Lipinski definition) is 4. The second-order valence-corrected chi connectivity index (χ2v) is 4.66. The third kappa shape index (κ3) is 2.12.